The van der Waals surface area contributed by atoms with Crippen LogP contribution in [0.2, 0.25) is 10.0 Å². The average molecular weight is 669 g/mol. The van der Waals surface area contributed by atoms with E-state index in [1.54, 1.807) is 54.6 Å². The fraction of sp³-hybridized carbons (Fsp3) is 0.235. The number of nitrogens with one attached hydrogen (secondary N) is 1. The number of carbonyl (C=O) groups excluding carboxylic acids is 2. The molecule has 0 unspecified atom stereocenters. The Morgan fingerprint density at radius 3 is 2.07 bits per heavy atom. The Kier molecular flexibility index (Phi) is 11.5. The van der Waals surface area contributed by atoms with Crippen LogP contribution in [0.5, 0.6) is 5.75 Å². The summed E-state index contributed by atoms with van der Waals surface area (Å²) in [6.07, 6.45) is 0.171. The standard InChI is InChI=1S/C34H35Cl2N3O5S/c1-4-44-27-17-19-28(20-18-27)45(42,43)39(26-15-13-24(2)14-16-26)23-33(40)38(22-29-30(35)11-8-12-31(29)36)32(34(41)37-3)21-25-9-6-5-7-10-25/h5-20,32H,4,21-23H2,1-3H3,(H,37,41)/t32-/m1/s1. The number of likely N-dealkylation sites (N-methyl/N-ethyl adjacent to an activating group) is 1. The van der Waals surface area contributed by atoms with Crippen molar-refractivity contribution in [3.63, 3.8) is 0 Å². The molecule has 0 radical (unpaired) electrons. The minimum absolute atomic E-state index is 0.0211. The van der Waals surface area contributed by atoms with E-state index in [9.17, 15) is 18.0 Å². The molecule has 0 fully saturated rings. The van der Waals surface area contributed by atoms with Gasteiger partial charge in [-0.15, -0.1) is 0 Å². The monoisotopic (exact) mass is 667 g/mol. The zero-order valence-corrected chi connectivity index (χ0v) is 27.6. The van der Waals surface area contributed by atoms with Crippen LogP contribution < -0.4 is 14.4 Å². The quantitative estimate of drug-likeness (QED) is 0.181. The predicted molar refractivity (Wildman–Crippen MR) is 178 cm³/mol. The number of benzene rings is 4. The summed E-state index contributed by atoms with van der Waals surface area (Å²) in [7, 11) is -2.76. The zero-order valence-electron chi connectivity index (χ0n) is 25.2. The molecular formula is C34H35Cl2N3O5S. The molecule has 1 atom stereocenters. The van der Waals surface area contributed by atoms with Crippen molar-refractivity contribution >= 4 is 50.7 Å². The number of aryl methyl sites for hydroxylation is 1. The van der Waals surface area contributed by atoms with E-state index in [2.05, 4.69) is 5.32 Å². The van der Waals surface area contributed by atoms with E-state index in [0.717, 1.165) is 15.4 Å². The number of rotatable bonds is 13. The van der Waals surface area contributed by atoms with Gasteiger partial charge in [0, 0.05) is 35.6 Å². The SMILES string of the molecule is CCOc1ccc(S(=O)(=O)N(CC(=O)N(Cc2c(Cl)cccc2Cl)[C@H](Cc2ccccc2)C(=O)NC)c2ccc(C)cc2)cc1. The third-order valence-corrected chi connectivity index (χ3v) is 9.73. The second-order valence-electron chi connectivity index (χ2n) is 10.3. The van der Waals surface area contributed by atoms with Crippen molar-refractivity contribution in [2.45, 2.75) is 37.8 Å². The number of sulfonamides is 1. The van der Waals surface area contributed by atoms with Gasteiger partial charge in [-0.25, -0.2) is 8.42 Å². The summed E-state index contributed by atoms with van der Waals surface area (Å²) in [6.45, 7) is 3.42. The molecular weight excluding hydrogens is 633 g/mol. The summed E-state index contributed by atoms with van der Waals surface area (Å²) in [5, 5.41) is 3.28. The van der Waals surface area contributed by atoms with Crippen molar-refractivity contribution in [2.24, 2.45) is 0 Å². The van der Waals surface area contributed by atoms with E-state index < -0.39 is 34.4 Å². The second-order valence-corrected chi connectivity index (χ2v) is 13.0. The van der Waals surface area contributed by atoms with Gasteiger partial charge < -0.3 is 15.0 Å². The van der Waals surface area contributed by atoms with Gasteiger partial charge in [-0.05, 0) is 67.9 Å². The lowest BCUT2D eigenvalue weighted by Crippen LogP contribution is -2.53. The van der Waals surface area contributed by atoms with Crippen LogP contribution in [0.3, 0.4) is 0 Å². The van der Waals surface area contributed by atoms with Gasteiger partial charge in [0.15, 0.2) is 0 Å². The van der Waals surface area contributed by atoms with E-state index in [4.69, 9.17) is 27.9 Å². The molecule has 11 heteroatoms. The van der Waals surface area contributed by atoms with Gasteiger partial charge in [-0.1, -0.05) is 77.3 Å². The summed E-state index contributed by atoms with van der Waals surface area (Å²) in [6, 6.07) is 26.1. The molecule has 1 N–H and O–H groups in total. The van der Waals surface area contributed by atoms with Crippen LogP contribution in [0, 0.1) is 6.92 Å². The highest BCUT2D eigenvalue weighted by Gasteiger charge is 2.35. The normalized spacial score (nSPS) is 11.8. The minimum atomic E-state index is -4.25. The van der Waals surface area contributed by atoms with E-state index >= 15 is 0 Å². The maximum Gasteiger partial charge on any atom is 0.264 e. The molecule has 8 nitrogen and oxygen atoms in total. The Morgan fingerprint density at radius 1 is 0.867 bits per heavy atom. The highest BCUT2D eigenvalue weighted by molar-refractivity contribution is 7.92. The van der Waals surface area contributed by atoms with Crippen LogP contribution in [-0.2, 0) is 32.6 Å². The maximum absolute atomic E-state index is 14.4. The molecule has 0 spiro atoms. The fourth-order valence-electron chi connectivity index (χ4n) is 4.82. The van der Waals surface area contributed by atoms with Crippen LogP contribution in [0.1, 0.15) is 23.6 Å². The zero-order chi connectivity index (χ0) is 32.6. The molecule has 0 aliphatic rings. The number of hydrogen-bond donors (Lipinski definition) is 1. The molecule has 4 aromatic rings. The Balaban J connectivity index is 1.80. The van der Waals surface area contributed by atoms with Crippen LogP contribution in [0.4, 0.5) is 5.69 Å². The third kappa shape index (κ3) is 8.36. The molecule has 0 aliphatic heterocycles. The number of ether oxygens (including phenoxy) is 1. The Hall–Kier alpha value is -4.05. The van der Waals surface area contributed by atoms with Gasteiger partial charge in [0.1, 0.15) is 18.3 Å². The first kappa shape index (κ1) is 33.8. The van der Waals surface area contributed by atoms with Crippen LogP contribution in [0.15, 0.2) is 102 Å². The Morgan fingerprint density at radius 2 is 1.49 bits per heavy atom. The smallest absolute Gasteiger partial charge is 0.264 e. The Labute approximate surface area is 274 Å². The van der Waals surface area contributed by atoms with E-state index in [-0.39, 0.29) is 23.5 Å². The first-order valence-electron chi connectivity index (χ1n) is 14.3. The number of hydrogen-bond acceptors (Lipinski definition) is 5. The fourth-order valence-corrected chi connectivity index (χ4v) is 6.75. The summed E-state index contributed by atoms with van der Waals surface area (Å²) in [5.41, 5.74) is 2.46. The molecule has 0 aromatic heterocycles. The molecule has 0 saturated carbocycles. The first-order valence-corrected chi connectivity index (χ1v) is 16.5. The first-order chi connectivity index (χ1) is 21.5. The van der Waals surface area contributed by atoms with E-state index in [0.29, 0.717) is 28.0 Å². The van der Waals surface area contributed by atoms with Gasteiger partial charge in [-0.3, -0.25) is 13.9 Å². The van der Waals surface area contributed by atoms with Crippen LogP contribution in [0.25, 0.3) is 0 Å². The van der Waals surface area contributed by atoms with Gasteiger partial charge in [0.25, 0.3) is 10.0 Å². The molecule has 45 heavy (non-hydrogen) atoms. The summed E-state index contributed by atoms with van der Waals surface area (Å²) >= 11 is 13.0. The van der Waals surface area contributed by atoms with Gasteiger partial charge >= 0.3 is 0 Å². The topological polar surface area (TPSA) is 96.0 Å². The maximum atomic E-state index is 14.4. The minimum Gasteiger partial charge on any atom is -0.494 e. The Bertz CT molecular complexity index is 1700. The van der Waals surface area contributed by atoms with Crippen molar-refractivity contribution in [1.82, 2.24) is 10.2 Å². The van der Waals surface area contributed by atoms with E-state index in [1.807, 2.05) is 44.2 Å². The van der Waals surface area contributed by atoms with Crippen LogP contribution >= 0.6 is 23.2 Å². The lowest BCUT2D eigenvalue weighted by Gasteiger charge is -2.34. The molecule has 236 valence electrons. The largest absolute Gasteiger partial charge is 0.494 e. The summed E-state index contributed by atoms with van der Waals surface area (Å²) in [4.78, 5) is 29.1. The second kappa shape index (κ2) is 15.3. The molecule has 4 rings (SSSR count). The average Bonchev–Trinajstić information content (AvgIpc) is 3.03. The molecule has 2 amide bonds. The highest BCUT2D eigenvalue weighted by atomic mass is 35.5. The number of anilines is 1. The lowest BCUT2D eigenvalue weighted by molar-refractivity contribution is -0.139. The van der Waals surface area contributed by atoms with Crippen molar-refractivity contribution in [2.75, 3.05) is 24.5 Å². The number of nitrogens with zero attached hydrogens (tertiary/aromatic N) is 2. The summed E-state index contributed by atoms with van der Waals surface area (Å²) in [5.74, 6) is -0.524. The number of halogens is 2. The van der Waals surface area contributed by atoms with Crippen molar-refractivity contribution in [3.05, 3.63) is 124 Å². The van der Waals surface area contributed by atoms with Crippen molar-refractivity contribution < 1.29 is 22.7 Å². The van der Waals surface area contributed by atoms with Crippen molar-refractivity contribution in [1.29, 1.82) is 0 Å². The summed E-state index contributed by atoms with van der Waals surface area (Å²) < 4.78 is 34.8. The lowest BCUT2D eigenvalue weighted by atomic mass is 10.0. The van der Waals surface area contributed by atoms with Crippen LogP contribution in [-0.4, -0.2) is 51.4 Å². The molecule has 0 saturated heterocycles. The molecule has 0 bridgehead atoms. The number of amides is 2. The predicted octanol–water partition coefficient (Wildman–Crippen LogP) is 6.28. The van der Waals surface area contributed by atoms with E-state index in [1.165, 1.54) is 24.1 Å². The van der Waals surface area contributed by atoms with Crippen molar-refractivity contribution in [3.8, 4) is 5.75 Å². The third-order valence-electron chi connectivity index (χ3n) is 7.23. The number of carbonyl (C=O) groups is 2. The van der Waals surface area contributed by atoms with Gasteiger partial charge in [0.2, 0.25) is 11.8 Å². The highest BCUT2D eigenvalue weighted by Crippen LogP contribution is 2.29. The molecule has 4 aromatic carbocycles. The van der Waals surface area contributed by atoms with Gasteiger partial charge in [0.05, 0.1) is 17.2 Å². The molecule has 0 heterocycles. The van der Waals surface area contributed by atoms with Gasteiger partial charge in [-0.2, -0.15) is 0 Å². The molecule has 0 aliphatic carbocycles.